The number of nitrogens with two attached hydrogens (primary N) is 1. The van der Waals surface area contributed by atoms with E-state index in [-0.39, 0.29) is 13.0 Å². The summed E-state index contributed by atoms with van der Waals surface area (Å²) in [6, 6.07) is 7.23. The third-order valence-electron chi connectivity index (χ3n) is 4.77. The molecule has 160 valence electrons. The van der Waals surface area contributed by atoms with Crippen LogP contribution in [0.25, 0.3) is 10.9 Å². The maximum Gasteiger partial charge on any atom is 0.432 e. The molecule has 0 bridgehead atoms. The molecule has 0 radical (unpaired) electrons. The number of ether oxygens (including phenoxy) is 1. The average molecular weight is 426 g/mol. The Bertz CT molecular complexity index is 1230. The van der Waals surface area contributed by atoms with Gasteiger partial charge in [-0.05, 0) is 18.1 Å². The van der Waals surface area contributed by atoms with E-state index in [0.717, 1.165) is 16.5 Å². The first-order chi connectivity index (χ1) is 14.0. The zero-order valence-corrected chi connectivity index (χ0v) is 15.5. The van der Waals surface area contributed by atoms with Crippen LogP contribution in [0, 0.1) is 0 Å². The highest BCUT2D eigenvalue weighted by Gasteiger charge is 2.64. The molecule has 0 aliphatic heterocycles. The second-order valence-corrected chi connectivity index (χ2v) is 6.48. The number of rotatable bonds is 5. The lowest BCUT2D eigenvalue weighted by Gasteiger charge is -2.28. The fourth-order valence-corrected chi connectivity index (χ4v) is 3.24. The van der Waals surface area contributed by atoms with E-state index in [4.69, 9.17) is 5.73 Å². The number of esters is 1. The number of carbonyl (C=O) groups is 1. The van der Waals surface area contributed by atoms with Gasteiger partial charge in [0.05, 0.1) is 7.11 Å². The lowest BCUT2D eigenvalue weighted by molar-refractivity contribution is -0.267. The van der Waals surface area contributed by atoms with Gasteiger partial charge in [0.1, 0.15) is 11.4 Å². The minimum atomic E-state index is -5.64. The second-order valence-electron chi connectivity index (χ2n) is 6.48. The molecule has 3 aromatic rings. The largest absolute Gasteiger partial charge is 0.466 e. The van der Waals surface area contributed by atoms with Crippen LogP contribution in [0.1, 0.15) is 11.1 Å². The molecule has 2 aromatic heterocycles. The van der Waals surface area contributed by atoms with Crippen LogP contribution < -0.4 is 17.0 Å². The third kappa shape index (κ3) is 3.24. The van der Waals surface area contributed by atoms with Gasteiger partial charge < -0.3 is 20.6 Å². The van der Waals surface area contributed by atoms with Gasteiger partial charge in [-0.25, -0.2) is 9.59 Å². The number of fused-ring (bicyclic) bond motifs is 1. The van der Waals surface area contributed by atoms with Gasteiger partial charge >= 0.3 is 17.8 Å². The predicted octanol–water partition coefficient (Wildman–Crippen LogP) is 0.766. The van der Waals surface area contributed by atoms with E-state index < -0.39 is 40.4 Å². The Kier molecular flexibility index (Phi) is 5.20. The summed E-state index contributed by atoms with van der Waals surface area (Å²) >= 11 is 0. The molecule has 1 aromatic carbocycles. The minimum Gasteiger partial charge on any atom is -0.466 e. The van der Waals surface area contributed by atoms with E-state index >= 15 is 0 Å². The zero-order chi connectivity index (χ0) is 22.3. The molecular weight excluding hydrogens is 409 g/mol. The Morgan fingerprint density at radius 3 is 2.57 bits per heavy atom. The number of benzene rings is 1. The number of carbonyl (C=O) groups excluding carboxylic acids is 1. The molecule has 0 aliphatic carbocycles. The number of H-pyrrole nitrogens is 2. The van der Waals surface area contributed by atoms with E-state index in [1.165, 1.54) is 0 Å². The summed E-state index contributed by atoms with van der Waals surface area (Å²) in [6.07, 6.45) is -3.82. The first kappa shape index (κ1) is 21.2. The van der Waals surface area contributed by atoms with Crippen molar-refractivity contribution in [3.63, 3.8) is 0 Å². The van der Waals surface area contributed by atoms with Crippen molar-refractivity contribution in [2.24, 2.45) is 0 Å². The van der Waals surface area contributed by atoms with Crippen LogP contribution in [0.3, 0.4) is 0 Å². The summed E-state index contributed by atoms with van der Waals surface area (Å²) in [5, 5.41) is 11.0. The fraction of sp³-hybridized carbons (Fsp3) is 0.278. The molecule has 2 heterocycles. The van der Waals surface area contributed by atoms with Crippen LogP contribution in [0.4, 0.5) is 19.0 Å². The number of aliphatic hydroxyl groups is 1. The molecule has 1 atom stereocenters. The molecule has 30 heavy (non-hydrogen) atoms. The van der Waals surface area contributed by atoms with E-state index in [9.17, 15) is 32.7 Å². The number of hydrogen-bond acceptors (Lipinski definition) is 6. The Morgan fingerprint density at radius 1 is 1.27 bits per heavy atom. The molecule has 0 saturated carbocycles. The van der Waals surface area contributed by atoms with E-state index in [0.29, 0.717) is 11.7 Å². The standard InChI is InChI=1S/C18H17F3N4O5/c1-30-15(27)17(29,18(19,20)21)12-13(22)25(16(28)24-14(12)26)7-6-9-8-23-11-5-3-2-4-10(9)11/h2-5,8,23,29H,6-7,22H2,1H3,(H,24,26,28). The molecule has 0 spiro atoms. The van der Waals surface area contributed by atoms with Crippen LogP contribution in [0.15, 0.2) is 40.1 Å². The van der Waals surface area contributed by atoms with E-state index in [1.807, 2.05) is 18.2 Å². The van der Waals surface area contributed by atoms with Gasteiger partial charge in [0, 0.05) is 23.6 Å². The SMILES string of the molecule is COC(=O)C(O)(c1c(N)n(CCc2c[nH]c3ccccc23)c(=O)[nH]c1=O)C(F)(F)F. The molecular formula is C18H17F3N4O5. The maximum atomic E-state index is 13.6. The Labute approximate surface area is 165 Å². The molecule has 3 rings (SSSR count). The number of para-hydroxylation sites is 1. The number of anilines is 1. The number of aromatic nitrogens is 3. The molecule has 9 nitrogen and oxygen atoms in total. The molecule has 1 unspecified atom stereocenters. The van der Waals surface area contributed by atoms with Crippen LogP contribution in [-0.2, 0) is 28.1 Å². The topological polar surface area (TPSA) is 143 Å². The summed E-state index contributed by atoms with van der Waals surface area (Å²) in [4.78, 5) is 40.8. The summed E-state index contributed by atoms with van der Waals surface area (Å²) in [6.45, 7) is -0.231. The fourth-order valence-electron chi connectivity index (χ4n) is 3.24. The van der Waals surface area contributed by atoms with Crippen molar-refractivity contribution in [3.8, 4) is 0 Å². The monoisotopic (exact) mass is 426 g/mol. The molecule has 12 heteroatoms. The maximum absolute atomic E-state index is 13.6. The number of nitrogens with one attached hydrogen (secondary N) is 2. The smallest absolute Gasteiger partial charge is 0.432 e. The van der Waals surface area contributed by atoms with Crippen LogP contribution in [0.5, 0.6) is 0 Å². The second kappa shape index (κ2) is 7.37. The minimum absolute atomic E-state index is 0.155. The molecule has 5 N–H and O–H groups in total. The van der Waals surface area contributed by atoms with E-state index in [2.05, 4.69) is 9.72 Å². The van der Waals surface area contributed by atoms with Gasteiger partial charge in [0.2, 0.25) is 0 Å². The van der Waals surface area contributed by atoms with Crippen LogP contribution >= 0.6 is 0 Å². The number of nitrogen functional groups attached to an aromatic ring is 1. The van der Waals surface area contributed by atoms with Gasteiger partial charge in [-0.15, -0.1) is 0 Å². The van der Waals surface area contributed by atoms with Crippen molar-refractivity contribution in [1.82, 2.24) is 14.5 Å². The van der Waals surface area contributed by atoms with Gasteiger partial charge in [-0.2, -0.15) is 13.2 Å². The normalized spacial score (nSPS) is 13.9. The summed E-state index contributed by atoms with van der Waals surface area (Å²) < 4.78 is 45.3. The Hall–Kier alpha value is -3.54. The summed E-state index contributed by atoms with van der Waals surface area (Å²) in [7, 11) is 0.608. The number of halogens is 3. The van der Waals surface area contributed by atoms with Gasteiger partial charge in [-0.3, -0.25) is 14.3 Å². The molecule has 0 fully saturated rings. The lowest BCUT2D eigenvalue weighted by Crippen LogP contribution is -2.54. The van der Waals surface area contributed by atoms with Crippen molar-refractivity contribution in [2.75, 3.05) is 12.8 Å². The van der Waals surface area contributed by atoms with Gasteiger partial charge in [0.15, 0.2) is 0 Å². The number of aromatic amines is 2. The number of methoxy groups -OCH3 is 1. The molecule has 0 aliphatic rings. The molecule has 0 saturated heterocycles. The van der Waals surface area contributed by atoms with Crippen LogP contribution in [0.2, 0.25) is 0 Å². The van der Waals surface area contributed by atoms with Gasteiger partial charge in [0.25, 0.3) is 11.2 Å². The lowest BCUT2D eigenvalue weighted by atomic mass is 9.94. The zero-order valence-electron chi connectivity index (χ0n) is 15.5. The number of hydrogen-bond donors (Lipinski definition) is 4. The average Bonchev–Trinajstić information content (AvgIpc) is 3.09. The van der Waals surface area contributed by atoms with Crippen molar-refractivity contribution >= 4 is 22.7 Å². The number of nitrogens with zero attached hydrogens (tertiary/aromatic N) is 1. The summed E-state index contributed by atoms with van der Waals surface area (Å²) in [5.74, 6) is -3.15. The number of alkyl halides is 3. The van der Waals surface area contributed by atoms with Crippen LogP contribution in [-0.4, -0.2) is 38.9 Å². The quantitative estimate of drug-likeness (QED) is 0.444. The highest BCUT2D eigenvalue weighted by Crippen LogP contribution is 2.40. The van der Waals surface area contributed by atoms with Gasteiger partial charge in [-0.1, -0.05) is 18.2 Å². The Morgan fingerprint density at radius 2 is 1.93 bits per heavy atom. The van der Waals surface area contributed by atoms with Crippen molar-refractivity contribution in [3.05, 3.63) is 62.4 Å². The highest BCUT2D eigenvalue weighted by atomic mass is 19.4. The highest BCUT2D eigenvalue weighted by molar-refractivity contribution is 5.84. The Balaban J connectivity index is 2.10. The summed E-state index contributed by atoms with van der Waals surface area (Å²) in [5.41, 5.74) is -1.38. The van der Waals surface area contributed by atoms with Crippen molar-refractivity contribution in [1.29, 1.82) is 0 Å². The van der Waals surface area contributed by atoms with Crippen molar-refractivity contribution in [2.45, 2.75) is 24.7 Å². The number of aryl methyl sites for hydroxylation is 1. The molecule has 0 amide bonds. The first-order valence-electron chi connectivity index (χ1n) is 8.58. The third-order valence-corrected chi connectivity index (χ3v) is 4.77. The predicted molar refractivity (Wildman–Crippen MR) is 99.7 cm³/mol. The first-order valence-corrected chi connectivity index (χ1v) is 8.58. The van der Waals surface area contributed by atoms with E-state index in [1.54, 1.807) is 17.2 Å². The van der Waals surface area contributed by atoms with Crippen molar-refractivity contribution < 1.29 is 27.8 Å².